The van der Waals surface area contributed by atoms with Crippen LogP contribution in [0.2, 0.25) is 0 Å². The molecule has 134 valence electrons. The van der Waals surface area contributed by atoms with Crippen molar-refractivity contribution in [2.75, 3.05) is 19.6 Å². The van der Waals surface area contributed by atoms with Gasteiger partial charge in [-0.05, 0) is 43.7 Å². The maximum Gasteiger partial charge on any atom is 0.252 e. The van der Waals surface area contributed by atoms with Crippen molar-refractivity contribution in [1.82, 2.24) is 15.2 Å². The van der Waals surface area contributed by atoms with Crippen molar-refractivity contribution >= 4 is 16.8 Å². The van der Waals surface area contributed by atoms with Gasteiger partial charge in [0.1, 0.15) is 5.69 Å². The number of amides is 1. The molecule has 1 N–H and O–H groups in total. The average molecular weight is 349 g/mol. The van der Waals surface area contributed by atoms with E-state index in [0.717, 1.165) is 24.0 Å². The van der Waals surface area contributed by atoms with Crippen LogP contribution in [-0.4, -0.2) is 41.5 Å². The second-order valence-electron chi connectivity index (χ2n) is 6.67. The van der Waals surface area contributed by atoms with Gasteiger partial charge in [-0.25, -0.2) is 4.98 Å². The minimum absolute atomic E-state index is 0.0664. The van der Waals surface area contributed by atoms with Crippen molar-refractivity contribution in [3.8, 4) is 11.5 Å². The summed E-state index contributed by atoms with van der Waals surface area (Å²) in [5.41, 5.74) is 2.10. The third-order valence-electron chi connectivity index (χ3n) is 4.89. The third kappa shape index (κ3) is 3.48. The van der Waals surface area contributed by atoms with Gasteiger partial charge >= 0.3 is 0 Å². The Bertz CT molecular complexity index is 901. The van der Waals surface area contributed by atoms with Gasteiger partial charge in [-0.3, -0.25) is 9.69 Å². The summed E-state index contributed by atoms with van der Waals surface area (Å²) >= 11 is 0. The van der Waals surface area contributed by atoms with E-state index in [-0.39, 0.29) is 5.91 Å². The van der Waals surface area contributed by atoms with Crippen molar-refractivity contribution in [1.29, 1.82) is 0 Å². The number of benzene rings is 1. The Labute approximate surface area is 153 Å². The van der Waals surface area contributed by atoms with Gasteiger partial charge in [0, 0.05) is 24.5 Å². The number of hydrogen-bond acceptors (Lipinski definition) is 4. The predicted octanol–water partition coefficient (Wildman–Crippen LogP) is 3.71. The predicted molar refractivity (Wildman–Crippen MR) is 102 cm³/mol. The number of hydrogen-bond donors (Lipinski definition) is 1. The molecule has 1 fully saturated rings. The number of carbonyl (C=O) groups excluding carboxylic acids is 1. The Balaban J connectivity index is 1.56. The summed E-state index contributed by atoms with van der Waals surface area (Å²) in [7, 11) is 0. The summed E-state index contributed by atoms with van der Waals surface area (Å²) < 4.78 is 5.46. The van der Waals surface area contributed by atoms with E-state index < -0.39 is 0 Å². The van der Waals surface area contributed by atoms with E-state index in [0.29, 0.717) is 29.6 Å². The van der Waals surface area contributed by atoms with E-state index in [2.05, 4.69) is 22.1 Å². The van der Waals surface area contributed by atoms with E-state index in [1.54, 1.807) is 6.26 Å². The van der Waals surface area contributed by atoms with Crippen LogP contribution in [0.5, 0.6) is 0 Å². The number of fused-ring (bicyclic) bond motifs is 1. The number of likely N-dealkylation sites (N-methyl/N-ethyl adjacent to an activating group) is 1. The molecule has 3 aromatic rings. The van der Waals surface area contributed by atoms with Crippen LogP contribution in [0.4, 0.5) is 0 Å². The Hall–Kier alpha value is -2.66. The SMILES string of the molecule is CCN(CCNC(=O)c1cc(-c2ccco2)nc2ccccc12)C1CC1. The summed E-state index contributed by atoms with van der Waals surface area (Å²) in [6, 6.07) is 13.9. The molecular formula is C21H23N3O2. The first kappa shape index (κ1) is 16.8. The number of pyridine rings is 1. The summed E-state index contributed by atoms with van der Waals surface area (Å²) in [5.74, 6) is 0.596. The minimum Gasteiger partial charge on any atom is -0.463 e. The van der Waals surface area contributed by atoms with Crippen molar-refractivity contribution < 1.29 is 9.21 Å². The zero-order valence-corrected chi connectivity index (χ0v) is 14.9. The number of furan rings is 1. The lowest BCUT2D eigenvalue weighted by Gasteiger charge is -2.20. The number of nitrogens with one attached hydrogen (secondary N) is 1. The largest absolute Gasteiger partial charge is 0.463 e. The molecule has 5 nitrogen and oxygen atoms in total. The standard InChI is InChI=1S/C21H23N3O2/c1-2-24(15-9-10-15)12-11-22-21(25)17-14-19(20-8-5-13-26-20)23-18-7-4-3-6-16(17)18/h3-8,13-15H,2,9-12H2,1H3,(H,22,25). The third-order valence-corrected chi connectivity index (χ3v) is 4.89. The van der Waals surface area contributed by atoms with Gasteiger partial charge in [0.25, 0.3) is 5.91 Å². The van der Waals surface area contributed by atoms with Crippen molar-refractivity contribution in [3.63, 3.8) is 0 Å². The first-order valence-corrected chi connectivity index (χ1v) is 9.22. The van der Waals surface area contributed by atoms with Gasteiger partial charge in [-0.2, -0.15) is 0 Å². The summed E-state index contributed by atoms with van der Waals surface area (Å²) in [6.45, 7) is 4.74. The molecule has 1 saturated carbocycles. The van der Waals surface area contributed by atoms with Crippen molar-refractivity contribution in [2.24, 2.45) is 0 Å². The van der Waals surface area contributed by atoms with Crippen LogP contribution >= 0.6 is 0 Å². The van der Waals surface area contributed by atoms with Gasteiger partial charge in [0.05, 0.1) is 17.3 Å². The Morgan fingerprint density at radius 2 is 2.12 bits per heavy atom. The highest BCUT2D eigenvalue weighted by Gasteiger charge is 2.27. The number of carbonyl (C=O) groups is 1. The number of rotatable bonds is 7. The molecular weight excluding hydrogens is 326 g/mol. The van der Waals surface area contributed by atoms with E-state index in [1.165, 1.54) is 12.8 Å². The Morgan fingerprint density at radius 3 is 2.85 bits per heavy atom. The topological polar surface area (TPSA) is 58.4 Å². The molecule has 0 unspecified atom stereocenters. The zero-order valence-electron chi connectivity index (χ0n) is 14.9. The molecule has 5 heteroatoms. The molecule has 1 aliphatic carbocycles. The van der Waals surface area contributed by atoms with E-state index in [9.17, 15) is 4.79 Å². The van der Waals surface area contributed by atoms with Gasteiger partial charge in [-0.1, -0.05) is 25.1 Å². The highest BCUT2D eigenvalue weighted by molar-refractivity contribution is 6.07. The summed E-state index contributed by atoms with van der Waals surface area (Å²) in [5, 5.41) is 3.93. The highest BCUT2D eigenvalue weighted by Crippen LogP contribution is 2.26. The molecule has 0 bridgehead atoms. The first-order chi connectivity index (χ1) is 12.8. The lowest BCUT2D eigenvalue weighted by molar-refractivity contribution is 0.0949. The molecule has 1 amide bonds. The molecule has 0 spiro atoms. The Kier molecular flexibility index (Phi) is 4.71. The quantitative estimate of drug-likeness (QED) is 0.706. The summed E-state index contributed by atoms with van der Waals surface area (Å²) in [4.78, 5) is 19.9. The number of para-hydroxylation sites is 1. The maximum absolute atomic E-state index is 12.8. The van der Waals surface area contributed by atoms with E-state index in [1.807, 2.05) is 42.5 Å². The minimum atomic E-state index is -0.0664. The lowest BCUT2D eigenvalue weighted by atomic mass is 10.1. The van der Waals surface area contributed by atoms with E-state index >= 15 is 0 Å². The monoisotopic (exact) mass is 349 g/mol. The van der Waals surface area contributed by atoms with Crippen LogP contribution in [0, 0.1) is 0 Å². The van der Waals surface area contributed by atoms with Crippen LogP contribution in [0.3, 0.4) is 0 Å². The van der Waals surface area contributed by atoms with Crippen molar-refractivity contribution in [3.05, 3.63) is 54.3 Å². The fraction of sp³-hybridized carbons (Fsp3) is 0.333. The van der Waals surface area contributed by atoms with Gasteiger partial charge in [-0.15, -0.1) is 0 Å². The molecule has 1 aromatic carbocycles. The molecule has 2 heterocycles. The number of aromatic nitrogens is 1. The maximum atomic E-state index is 12.8. The van der Waals surface area contributed by atoms with Crippen LogP contribution < -0.4 is 5.32 Å². The smallest absolute Gasteiger partial charge is 0.252 e. The van der Waals surface area contributed by atoms with Gasteiger partial charge in [0.15, 0.2) is 5.76 Å². The average Bonchev–Trinajstić information content (AvgIpc) is 3.36. The molecule has 1 aliphatic rings. The second kappa shape index (κ2) is 7.30. The fourth-order valence-corrected chi connectivity index (χ4v) is 3.36. The van der Waals surface area contributed by atoms with Crippen LogP contribution in [0.1, 0.15) is 30.1 Å². The van der Waals surface area contributed by atoms with Crippen LogP contribution in [-0.2, 0) is 0 Å². The van der Waals surface area contributed by atoms with E-state index in [4.69, 9.17) is 4.42 Å². The molecule has 4 rings (SSSR count). The second-order valence-corrected chi connectivity index (χ2v) is 6.67. The number of nitrogens with zero attached hydrogens (tertiary/aromatic N) is 2. The first-order valence-electron chi connectivity index (χ1n) is 9.22. The normalized spacial score (nSPS) is 14.1. The molecule has 0 atom stereocenters. The van der Waals surface area contributed by atoms with Crippen molar-refractivity contribution in [2.45, 2.75) is 25.8 Å². The summed E-state index contributed by atoms with van der Waals surface area (Å²) in [6.07, 6.45) is 4.18. The molecule has 2 aromatic heterocycles. The van der Waals surface area contributed by atoms with Gasteiger partial charge in [0.2, 0.25) is 0 Å². The molecule has 0 saturated heterocycles. The lowest BCUT2D eigenvalue weighted by Crippen LogP contribution is -2.36. The molecule has 0 radical (unpaired) electrons. The molecule has 26 heavy (non-hydrogen) atoms. The Morgan fingerprint density at radius 1 is 1.27 bits per heavy atom. The van der Waals surface area contributed by atoms with Crippen LogP contribution in [0.25, 0.3) is 22.4 Å². The highest BCUT2D eigenvalue weighted by atomic mass is 16.3. The van der Waals surface area contributed by atoms with Gasteiger partial charge < -0.3 is 9.73 Å². The van der Waals surface area contributed by atoms with Crippen LogP contribution in [0.15, 0.2) is 53.1 Å². The zero-order chi connectivity index (χ0) is 17.9. The molecule has 0 aliphatic heterocycles. The fourth-order valence-electron chi connectivity index (χ4n) is 3.36.